The van der Waals surface area contributed by atoms with Crippen LogP contribution in [0.5, 0.6) is 0 Å². The summed E-state index contributed by atoms with van der Waals surface area (Å²) < 4.78 is 10.0. The fourth-order valence-electron chi connectivity index (χ4n) is 3.27. The van der Waals surface area contributed by atoms with Gasteiger partial charge < -0.3 is 20.1 Å². The Hall–Kier alpha value is -1.37. The van der Waals surface area contributed by atoms with Gasteiger partial charge in [-0.1, -0.05) is 27.7 Å². The van der Waals surface area contributed by atoms with Gasteiger partial charge in [0.05, 0.1) is 14.2 Å². The molecule has 0 aromatic carbocycles. The summed E-state index contributed by atoms with van der Waals surface area (Å²) in [4.78, 5) is 25.3. The molecule has 126 valence electrons. The average molecular weight is 330 g/mol. The summed E-state index contributed by atoms with van der Waals surface area (Å²) in [5, 5.41) is 6.27. The third-order valence-electron chi connectivity index (χ3n) is 3.88. The lowest BCUT2D eigenvalue weighted by atomic mass is 9.69. The molecule has 0 aliphatic carbocycles. The van der Waals surface area contributed by atoms with E-state index in [2.05, 4.69) is 10.6 Å². The number of rotatable bonds is 6. The van der Waals surface area contributed by atoms with E-state index in [1.807, 2.05) is 27.7 Å². The number of methoxy groups -OCH3 is 2. The smallest absolute Gasteiger partial charge is 0.334 e. The summed E-state index contributed by atoms with van der Waals surface area (Å²) in [5.74, 6) is -0.741. The van der Waals surface area contributed by atoms with Crippen LogP contribution in [0.2, 0.25) is 0 Å². The molecule has 0 unspecified atom stereocenters. The van der Waals surface area contributed by atoms with Crippen LogP contribution in [0.25, 0.3) is 0 Å². The van der Waals surface area contributed by atoms with E-state index < -0.39 is 23.0 Å². The van der Waals surface area contributed by atoms with Crippen molar-refractivity contribution in [3.63, 3.8) is 0 Å². The molecule has 0 bridgehead atoms. The molecule has 0 saturated carbocycles. The van der Waals surface area contributed by atoms with Crippen molar-refractivity contribution in [3.05, 3.63) is 0 Å². The van der Waals surface area contributed by atoms with E-state index in [4.69, 9.17) is 21.7 Å². The fourth-order valence-corrected chi connectivity index (χ4v) is 3.62. The molecule has 0 spiro atoms. The van der Waals surface area contributed by atoms with Crippen molar-refractivity contribution in [1.82, 2.24) is 10.6 Å². The van der Waals surface area contributed by atoms with Gasteiger partial charge in [0.25, 0.3) is 0 Å². The number of esters is 2. The van der Waals surface area contributed by atoms with Gasteiger partial charge in [0, 0.05) is 0 Å². The van der Waals surface area contributed by atoms with E-state index in [0.717, 1.165) is 0 Å². The summed E-state index contributed by atoms with van der Waals surface area (Å²) in [6.07, 6.45) is 0.795. The summed E-state index contributed by atoms with van der Waals surface area (Å²) in [6.45, 7) is 7.91. The van der Waals surface area contributed by atoms with Crippen molar-refractivity contribution in [3.8, 4) is 0 Å². The maximum absolute atomic E-state index is 12.6. The lowest BCUT2D eigenvalue weighted by Gasteiger charge is -2.42. The van der Waals surface area contributed by atoms with Gasteiger partial charge in [-0.2, -0.15) is 0 Å². The highest BCUT2D eigenvalue weighted by Gasteiger charge is 2.67. The molecule has 2 atom stereocenters. The molecule has 0 aromatic heterocycles. The Labute approximate surface area is 137 Å². The first-order chi connectivity index (χ1) is 10.1. The van der Waals surface area contributed by atoms with E-state index in [1.54, 1.807) is 0 Å². The van der Waals surface area contributed by atoms with Crippen LogP contribution in [0.1, 0.15) is 40.5 Å². The molecular formula is C15H26N2O4S. The summed E-state index contributed by atoms with van der Waals surface area (Å²) in [5.41, 5.74) is -2.55. The zero-order valence-corrected chi connectivity index (χ0v) is 14.9. The Morgan fingerprint density at radius 2 is 1.27 bits per heavy atom. The third kappa shape index (κ3) is 3.04. The highest BCUT2D eigenvalue weighted by atomic mass is 32.1. The van der Waals surface area contributed by atoms with E-state index in [9.17, 15) is 9.59 Å². The molecule has 1 aliphatic heterocycles. The Morgan fingerprint density at radius 3 is 1.50 bits per heavy atom. The highest BCUT2D eigenvalue weighted by Crippen LogP contribution is 2.39. The van der Waals surface area contributed by atoms with Crippen LogP contribution in [0.15, 0.2) is 0 Å². The molecule has 0 radical (unpaired) electrons. The van der Waals surface area contributed by atoms with Gasteiger partial charge in [-0.25, -0.2) is 9.59 Å². The SMILES string of the molecule is COC(=O)[C@@]1(CC(C)C)NC(=S)N[C@]1(CC(C)C)C(=O)OC. The quantitative estimate of drug-likeness (QED) is 0.563. The number of hydrogen-bond acceptors (Lipinski definition) is 5. The van der Waals surface area contributed by atoms with Crippen LogP contribution in [0.4, 0.5) is 0 Å². The molecule has 1 fully saturated rings. The standard InChI is InChI=1S/C15H26N2O4S/c1-9(2)7-14(11(18)20-5)15(8-10(3)4,12(19)21-6)17-13(22)16-14/h9-10H,7-8H2,1-6H3,(H2,16,17,22)/t14-,15-/m1/s1. The lowest BCUT2D eigenvalue weighted by Crippen LogP contribution is -2.70. The Bertz CT molecular complexity index is 426. The van der Waals surface area contributed by atoms with Crippen LogP contribution in [0, 0.1) is 11.8 Å². The molecule has 7 heteroatoms. The molecule has 1 saturated heterocycles. The number of nitrogens with one attached hydrogen (secondary N) is 2. The Morgan fingerprint density at radius 1 is 0.955 bits per heavy atom. The van der Waals surface area contributed by atoms with Crippen LogP contribution < -0.4 is 10.6 Å². The minimum absolute atomic E-state index is 0.144. The van der Waals surface area contributed by atoms with Gasteiger partial charge in [-0.15, -0.1) is 0 Å². The van der Waals surface area contributed by atoms with E-state index in [0.29, 0.717) is 12.8 Å². The zero-order valence-electron chi connectivity index (χ0n) is 14.1. The normalized spacial score (nSPS) is 27.5. The largest absolute Gasteiger partial charge is 0.467 e. The summed E-state index contributed by atoms with van der Waals surface area (Å²) >= 11 is 5.22. The zero-order chi connectivity index (χ0) is 17.1. The molecule has 2 N–H and O–H groups in total. The highest BCUT2D eigenvalue weighted by molar-refractivity contribution is 7.80. The molecule has 6 nitrogen and oxygen atoms in total. The van der Waals surface area contributed by atoms with E-state index >= 15 is 0 Å². The van der Waals surface area contributed by atoms with Crippen LogP contribution in [-0.4, -0.2) is 42.3 Å². The number of carbonyl (C=O) groups excluding carboxylic acids is 2. The lowest BCUT2D eigenvalue weighted by molar-refractivity contribution is -0.164. The first-order valence-corrected chi connectivity index (χ1v) is 7.83. The number of hydrogen-bond donors (Lipinski definition) is 2. The van der Waals surface area contributed by atoms with Gasteiger partial charge in [0.1, 0.15) is 0 Å². The maximum Gasteiger partial charge on any atom is 0.334 e. The topological polar surface area (TPSA) is 76.7 Å². The van der Waals surface area contributed by atoms with E-state index in [-0.39, 0.29) is 16.9 Å². The number of thiocarbonyl (C=S) groups is 1. The van der Waals surface area contributed by atoms with Crippen molar-refractivity contribution >= 4 is 29.3 Å². The average Bonchev–Trinajstić information content (AvgIpc) is 2.69. The Balaban J connectivity index is 3.54. The van der Waals surface area contributed by atoms with Crippen molar-refractivity contribution in [2.45, 2.75) is 51.6 Å². The predicted molar refractivity (Wildman–Crippen MR) is 87.3 cm³/mol. The van der Waals surface area contributed by atoms with Crippen molar-refractivity contribution in [2.24, 2.45) is 11.8 Å². The van der Waals surface area contributed by atoms with Crippen LogP contribution in [0.3, 0.4) is 0 Å². The second-order valence-electron chi connectivity index (χ2n) is 6.57. The van der Waals surface area contributed by atoms with Crippen LogP contribution >= 0.6 is 12.2 Å². The summed E-state index contributed by atoms with van der Waals surface area (Å²) in [6, 6.07) is 0. The van der Waals surface area contributed by atoms with Crippen molar-refractivity contribution < 1.29 is 19.1 Å². The molecule has 22 heavy (non-hydrogen) atoms. The summed E-state index contributed by atoms with van der Waals surface area (Å²) in [7, 11) is 2.62. The van der Waals surface area contributed by atoms with Gasteiger partial charge in [-0.3, -0.25) is 0 Å². The third-order valence-corrected chi connectivity index (χ3v) is 4.08. The van der Waals surface area contributed by atoms with Gasteiger partial charge in [0.2, 0.25) is 0 Å². The van der Waals surface area contributed by atoms with Gasteiger partial charge >= 0.3 is 11.9 Å². The molecular weight excluding hydrogens is 304 g/mol. The first kappa shape index (κ1) is 18.7. The molecule has 1 aliphatic rings. The Kier molecular flexibility index (Phi) is 5.78. The van der Waals surface area contributed by atoms with Crippen LogP contribution in [-0.2, 0) is 19.1 Å². The fraction of sp³-hybridized carbons (Fsp3) is 0.800. The molecule has 1 heterocycles. The maximum atomic E-state index is 12.6. The van der Waals surface area contributed by atoms with Gasteiger partial charge in [0.15, 0.2) is 16.2 Å². The molecule has 1 rings (SSSR count). The number of carbonyl (C=O) groups is 2. The van der Waals surface area contributed by atoms with Gasteiger partial charge in [-0.05, 0) is 36.9 Å². The second kappa shape index (κ2) is 6.81. The monoisotopic (exact) mass is 330 g/mol. The minimum Gasteiger partial charge on any atom is -0.467 e. The second-order valence-corrected chi connectivity index (χ2v) is 6.98. The molecule has 0 amide bonds. The van der Waals surface area contributed by atoms with Crippen molar-refractivity contribution in [2.75, 3.05) is 14.2 Å². The minimum atomic E-state index is -1.27. The predicted octanol–water partition coefficient (Wildman–Crippen LogP) is 1.38. The van der Waals surface area contributed by atoms with Crippen molar-refractivity contribution in [1.29, 1.82) is 0 Å². The molecule has 0 aromatic rings. The first-order valence-electron chi connectivity index (χ1n) is 7.42. The number of ether oxygens (including phenoxy) is 2. The van der Waals surface area contributed by atoms with E-state index in [1.165, 1.54) is 14.2 Å².